The Morgan fingerprint density at radius 1 is 1.06 bits per heavy atom. The van der Waals surface area contributed by atoms with Crippen molar-refractivity contribution in [2.45, 2.75) is 6.54 Å². The Kier molecular flexibility index (Phi) is 6.36. The van der Waals surface area contributed by atoms with Gasteiger partial charge in [-0.3, -0.25) is 4.31 Å². The van der Waals surface area contributed by atoms with Gasteiger partial charge in [-0.15, -0.1) is 0 Å². The van der Waals surface area contributed by atoms with E-state index in [0.29, 0.717) is 12.2 Å². The highest BCUT2D eigenvalue weighted by molar-refractivity contribution is 7.92. The summed E-state index contributed by atoms with van der Waals surface area (Å²) in [6.07, 6.45) is 5.07. The van der Waals surface area contributed by atoms with Crippen LogP contribution in [0.3, 0.4) is 0 Å². The average Bonchev–Trinajstić information content (AvgIpc) is 3.26. The Balaban J connectivity index is 1.37. The molecule has 1 N–H and O–H groups in total. The number of nitrogens with zero attached hydrogens (tertiary/aromatic N) is 4. The highest BCUT2D eigenvalue weighted by Gasteiger charge is 2.16. The number of benzene rings is 2. The molecule has 1 saturated heterocycles. The predicted molar refractivity (Wildman–Crippen MR) is 141 cm³/mol. The standard InChI is InChI=1S/C26H29N5O3S/c1-29(35(2,32)33)24-6-4-3-5-21(24)19-31-12-11-20-18-27-26(17-25(20)31)28-22-7-9-23(10-8-22)30-13-15-34-16-14-30/h3-12,17-18H,13-16,19H2,1-2H3,(H,27,28). The van der Waals surface area contributed by atoms with E-state index in [2.05, 4.69) is 44.0 Å². The Morgan fingerprint density at radius 2 is 1.80 bits per heavy atom. The number of pyridine rings is 1. The molecule has 3 heterocycles. The van der Waals surface area contributed by atoms with E-state index in [9.17, 15) is 8.42 Å². The van der Waals surface area contributed by atoms with Gasteiger partial charge in [-0.2, -0.15) is 0 Å². The molecular weight excluding hydrogens is 462 g/mol. The molecule has 4 aromatic rings. The van der Waals surface area contributed by atoms with E-state index in [1.807, 2.05) is 48.8 Å². The number of ether oxygens (including phenoxy) is 1. The van der Waals surface area contributed by atoms with Crippen molar-refractivity contribution in [3.05, 3.63) is 78.6 Å². The zero-order chi connectivity index (χ0) is 24.4. The average molecular weight is 492 g/mol. The van der Waals surface area contributed by atoms with E-state index < -0.39 is 10.0 Å². The molecule has 35 heavy (non-hydrogen) atoms. The van der Waals surface area contributed by atoms with Crippen molar-refractivity contribution >= 4 is 43.8 Å². The maximum absolute atomic E-state index is 12.1. The highest BCUT2D eigenvalue weighted by Crippen LogP contribution is 2.27. The summed E-state index contributed by atoms with van der Waals surface area (Å²) in [6, 6.07) is 20.0. The second-order valence-corrected chi connectivity index (χ2v) is 10.7. The van der Waals surface area contributed by atoms with Gasteiger partial charge in [0.1, 0.15) is 5.82 Å². The molecule has 0 bridgehead atoms. The van der Waals surface area contributed by atoms with Crippen LogP contribution < -0.4 is 14.5 Å². The van der Waals surface area contributed by atoms with Crippen molar-refractivity contribution in [1.29, 1.82) is 0 Å². The second kappa shape index (κ2) is 9.59. The lowest BCUT2D eigenvalue weighted by atomic mass is 10.1. The summed E-state index contributed by atoms with van der Waals surface area (Å²) in [4.78, 5) is 6.90. The Bertz CT molecular complexity index is 1430. The van der Waals surface area contributed by atoms with Crippen LogP contribution in [0.5, 0.6) is 0 Å². The smallest absolute Gasteiger partial charge is 0.232 e. The van der Waals surface area contributed by atoms with E-state index in [0.717, 1.165) is 54.3 Å². The van der Waals surface area contributed by atoms with E-state index in [-0.39, 0.29) is 0 Å². The molecule has 0 radical (unpaired) electrons. The lowest BCUT2D eigenvalue weighted by Gasteiger charge is -2.28. The maximum Gasteiger partial charge on any atom is 0.232 e. The summed E-state index contributed by atoms with van der Waals surface area (Å²) >= 11 is 0. The van der Waals surface area contributed by atoms with Crippen LogP contribution in [0, 0.1) is 0 Å². The van der Waals surface area contributed by atoms with Gasteiger partial charge in [-0.05, 0) is 42.0 Å². The highest BCUT2D eigenvalue weighted by atomic mass is 32.2. The van der Waals surface area contributed by atoms with Gasteiger partial charge in [0, 0.05) is 61.9 Å². The Labute approximate surface area is 205 Å². The van der Waals surface area contributed by atoms with Crippen molar-refractivity contribution in [1.82, 2.24) is 9.55 Å². The number of anilines is 4. The molecule has 2 aromatic carbocycles. The molecule has 2 aromatic heterocycles. The summed E-state index contributed by atoms with van der Waals surface area (Å²) in [5.41, 5.74) is 4.76. The molecule has 9 heteroatoms. The van der Waals surface area contributed by atoms with Gasteiger partial charge in [0.2, 0.25) is 10.0 Å². The second-order valence-electron chi connectivity index (χ2n) is 8.70. The number of para-hydroxylation sites is 1. The summed E-state index contributed by atoms with van der Waals surface area (Å²) in [7, 11) is -1.78. The van der Waals surface area contributed by atoms with Crippen molar-refractivity contribution in [2.75, 3.05) is 54.1 Å². The SMILES string of the molecule is CN(c1ccccc1Cn1ccc2cnc(Nc3ccc(N4CCOCC4)cc3)cc21)S(C)(=O)=O. The molecule has 0 atom stereocenters. The molecule has 1 fully saturated rings. The van der Waals surface area contributed by atoms with Gasteiger partial charge in [-0.1, -0.05) is 18.2 Å². The number of nitrogens with one attached hydrogen (secondary N) is 1. The van der Waals surface area contributed by atoms with Crippen LogP contribution in [-0.2, 0) is 21.3 Å². The van der Waals surface area contributed by atoms with Crippen LogP contribution in [0.2, 0.25) is 0 Å². The summed E-state index contributed by atoms with van der Waals surface area (Å²) in [5, 5.41) is 4.42. The number of aromatic nitrogens is 2. The van der Waals surface area contributed by atoms with Crippen LogP contribution in [0.15, 0.2) is 73.1 Å². The fourth-order valence-electron chi connectivity index (χ4n) is 4.33. The molecule has 5 rings (SSSR count). The fourth-order valence-corrected chi connectivity index (χ4v) is 4.86. The molecule has 0 unspecified atom stereocenters. The van der Waals surface area contributed by atoms with Crippen molar-refractivity contribution in [3.8, 4) is 0 Å². The van der Waals surface area contributed by atoms with Crippen molar-refractivity contribution < 1.29 is 13.2 Å². The monoisotopic (exact) mass is 491 g/mol. The van der Waals surface area contributed by atoms with Gasteiger partial charge in [-0.25, -0.2) is 13.4 Å². The zero-order valence-corrected chi connectivity index (χ0v) is 20.7. The van der Waals surface area contributed by atoms with Crippen LogP contribution in [0.4, 0.5) is 22.9 Å². The maximum atomic E-state index is 12.1. The van der Waals surface area contributed by atoms with Crippen LogP contribution >= 0.6 is 0 Å². The van der Waals surface area contributed by atoms with E-state index in [1.165, 1.54) is 16.2 Å². The first-order chi connectivity index (χ1) is 16.9. The number of sulfonamides is 1. The molecular formula is C26H29N5O3S. The third-order valence-corrected chi connectivity index (χ3v) is 7.53. The number of hydrogen-bond acceptors (Lipinski definition) is 6. The number of morpholine rings is 1. The number of hydrogen-bond donors (Lipinski definition) is 1. The normalized spacial score (nSPS) is 14.3. The van der Waals surface area contributed by atoms with E-state index in [1.54, 1.807) is 7.05 Å². The number of fused-ring (bicyclic) bond motifs is 1. The zero-order valence-electron chi connectivity index (χ0n) is 19.9. The minimum Gasteiger partial charge on any atom is -0.378 e. The lowest BCUT2D eigenvalue weighted by molar-refractivity contribution is 0.122. The van der Waals surface area contributed by atoms with Crippen LogP contribution in [0.1, 0.15) is 5.56 Å². The minimum atomic E-state index is -3.36. The summed E-state index contributed by atoms with van der Waals surface area (Å²) in [5.74, 6) is 0.748. The van der Waals surface area contributed by atoms with Gasteiger partial charge in [0.15, 0.2) is 0 Å². The molecule has 0 amide bonds. The molecule has 182 valence electrons. The topological polar surface area (TPSA) is 79.7 Å². The fraction of sp³-hybridized carbons (Fsp3) is 0.269. The molecule has 8 nitrogen and oxygen atoms in total. The largest absolute Gasteiger partial charge is 0.378 e. The Hall–Kier alpha value is -3.56. The third-order valence-electron chi connectivity index (χ3n) is 6.34. The molecule has 0 saturated carbocycles. The van der Waals surface area contributed by atoms with Gasteiger partial charge >= 0.3 is 0 Å². The van der Waals surface area contributed by atoms with Gasteiger partial charge in [0.05, 0.1) is 30.7 Å². The summed E-state index contributed by atoms with van der Waals surface area (Å²) in [6.45, 7) is 3.88. The van der Waals surface area contributed by atoms with Crippen LogP contribution in [0.25, 0.3) is 10.9 Å². The molecule has 0 aliphatic carbocycles. The van der Waals surface area contributed by atoms with Crippen molar-refractivity contribution in [3.63, 3.8) is 0 Å². The third kappa shape index (κ3) is 5.11. The quantitative estimate of drug-likeness (QED) is 0.420. The molecule has 1 aliphatic heterocycles. The number of rotatable bonds is 7. The molecule has 1 aliphatic rings. The first-order valence-corrected chi connectivity index (χ1v) is 13.4. The first-order valence-electron chi connectivity index (χ1n) is 11.5. The predicted octanol–water partition coefficient (Wildman–Crippen LogP) is 4.06. The van der Waals surface area contributed by atoms with Gasteiger partial charge in [0.25, 0.3) is 0 Å². The molecule has 0 spiro atoms. The summed E-state index contributed by atoms with van der Waals surface area (Å²) < 4.78 is 33.1. The van der Waals surface area contributed by atoms with E-state index >= 15 is 0 Å². The van der Waals surface area contributed by atoms with Crippen molar-refractivity contribution in [2.24, 2.45) is 0 Å². The Morgan fingerprint density at radius 3 is 2.54 bits per heavy atom. The lowest BCUT2D eigenvalue weighted by Crippen LogP contribution is -2.36. The van der Waals surface area contributed by atoms with E-state index in [4.69, 9.17) is 4.74 Å². The first kappa shape index (κ1) is 23.2. The van der Waals surface area contributed by atoms with Crippen LogP contribution in [-0.4, -0.2) is 57.6 Å². The van der Waals surface area contributed by atoms with Gasteiger partial charge < -0.3 is 19.5 Å². The minimum absolute atomic E-state index is 0.539.